The van der Waals surface area contributed by atoms with Crippen molar-refractivity contribution in [3.63, 3.8) is 0 Å². The standard InChI is InChI=1S/C60H95O11P/c1-4-7-10-13-16-19-22-25-27-28-30-32-34-37-40-43-46-49-58(62)67-53-57(71-60(64)51-48-45-42-39-36-33-29-26-23-20-17-14-11-8-5-2)55-69-72(65,66)68-54-56(52-61)70-59(63)50-47-44-41-38-35-31-24-21-18-15-12-9-6-3/h7,9-10,12,16-21,25-27,29-32,35,37,40-41,44,56-57,61H,4-6,8,11,13-15,22-24,28,33-34,36,38-39,42-43,45-55H2,1-3H3,(H,65,66)/b10-7-,12-9-,19-16-,20-17-,21-18-,27-25-,29-26-,32-30-,35-31-,40-37-,44-41-. The third-order valence-electron chi connectivity index (χ3n) is 10.6. The SMILES string of the molecule is CC/C=C\C/C=C\C/C=C\C/C=C\C/C=C\CCCC(=O)OCC(COP(=O)(O)OCC(CO)OC(=O)CC/C=C\C/C=C\C/C=C\C/C=C\CC)OC(=O)CCCCCCC/C=C\C/C=C\CCCCC. The van der Waals surface area contributed by atoms with E-state index in [9.17, 15) is 28.9 Å². The lowest BCUT2D eigenvalue weighted by atomic mass is 10.1. The van der Waals surface area contributed by atoms with Crippen LogP contribution in [0.4, 0.5) is 0 Å². The molecular weight excluding hydrogens is 928 g/mol. The third kappa shape index (κ3) is 50.6. The number of phosphoric ester groups is 1. The molecule has 0 aromatic carbocycles. The number of phosphoric acid groups is 1. The van der Waals surface area contributed by atoms with Crippen LogP contribution in [0.15, 0.2) is 134 Å². The smallest absolute Gasteiger partial charge is 0.462 e. The molecule has 0 heterocycles. The number of hydrogen-bond acceptors (Lipinski definition) is 10. The highest BCUT2D eigenvalue weighted by atomic mass is 31.2. The van der Waals surface area contributed by atoms with E-state index in [2.05, 4.69) is 130 Å². The van der Waals surface area contributed by atoms with Crippen LogP contribution in [0.25, 0.3) is 0 Å². The van der Waals surface area contributed by atoms with Crippen LogP contribution >= 0.6 is 7.82 Å². The van der Waals surface area contributed by atoms with Crippen molar-refractivity contribution in [1.82, 2.24) is 0 Å². The van der Waals surface area contributed by atoms with Crippen LogP contribution in [-0.4, -0.2) is 66.5 Å². The number of aliphatic hydroxyl groups is 1. The van der Waals surface area contributed by atoms with Crippen molar-refractivity contribution in [3.05, 3.63) is 134 Å². The first kappa shape index (κ1) is 67.6. The molecule has 0 saturated heterocycles. The molecule has 0 saturated carbocycles. The van der Waals surface area contributed by atoms with Gasteiger partial charge < -0.3 is 24.2 Å². The number of unbranched alkanes of at least 4 members (excludes halogenated alkanes) is 9. The topological polar surface area (TPSA) is 155 Å². The van der Waals surface area contributed by atoms with Crippen LogP contribution < -0.4 is 0 Å². The molecule has 0 rings (SSSR count). The summed E-state index contributed by atoms with van der Waals surface area (Å²) in [6.45, 7) is 4.19. The van der Waals surface area contributed by atoms with E-state index in [4.69, 9.17) is 23.3 Å². The second-order valence-corrected chi connectivity index (χ2v) is 18.7. The molecule has 12 heteroatoms. The van der Waals surface area contributed by atoms with Gasteiger partial charge in [0.1, 0.15) is 12.7 Å². The van der Waals surface area contributed by atoms with Crippen molar-refractivity contribution >= 4 is 25.7 Å². The van der Waals surface area contributed by atoms with Gasteiger partial charge in [0.05, 0.1) is 19.8 Å². The van der Waals surface area contributed by atoms with Gasteiger partial charge in [-0.15, -0.1) is 0 Å². The summed E-state index contributed by atoms with van der Waals surface area (Å²) in [6.07, 6.45) is 65.8. The minimum Gasteiger partial charge on any atom is -0.462 e. The average molecular weight is 1020 g/mol. The molecule has 0 amide bonds. The highest BCUT2D eigenvalue weighted by Gasteiger charge is 2.28. The number of esters is 3. The second kappa shape index (κ2) is 52.9. The zero-order valence-electron chi connectivity index (χ0n) is 44.6. The summed E-state index contributed by atoms with van der Waals surface area (Å²) in [5.41, 5.74) is 0. The Kier molecular flexibility index (Phi) is 49.7. The van der Waals surface area contributed by atoms with Gasteiger partial charge in [-0.25, -0.2) is 4.57 Å². The Morgan fingerprint density at radius 1 is 0.403 bits per heavy atom. The van der Waals surface area contributed by atoms with E-state index < -0.39 is 57.8 Å². The molecule has 0 aromatic heterocycles. The number of carbonyl (C=O) groups is 3. The molecule has 0 bridgehead atoms. The first-order valence-corrected chi connectivity index (χ1v) is 28.6. The Bertz CT molecular complexity index is 1710. The molecule has 11 nitrogen and oxygen atoms in total. The number of aliphatic hydroxyl groups excluding tert-OH is 1. The number of allylic oxidation sites excluding steroid dienone is 22. The summed E-state index contributed by atoms with van der Waals surface area (Å²) < 4.78 is 39.3. The first-order chi connectivity index (χ1) is 35.2. The fraction of sp³-hybridized carbons (Fsp3) is 0.583. The molecule has 3 unspecified atom stereocenters. The van der Waals surface area contributed by atoms with Crippen LogP contribution in [0.5, 0.6) is 0 Å². The van der Waals surface area contributed by atoms with E-state index in [0.29, 0.717) is 25.7 Å². The predicted octanol–water partition coefficient (Wildman–Crippen LogP) is 15.8. The summed E-state index contributed by atoms with van der Waals surface area (Å²) in [5.74, 6) is -1.66. The Morgan fingerprint density at radius 2 is 0.764 bits per heavy atom. The van der Waals surface area contributed by atoms with Crippen molar-refractivity contribution < 1.29 is 52.2 Å². The normalized spacial score (nSPS) is 14.5. The maximum atomic E-state index is 12.9. The Balaban J connectivity index is 4.93. The Hall–Kier alpha value is -4.38. The van der Waals surface area contributed by atoms with Crippen molar-refractivity contribution in [2.24, 2.45) is 0 Å². The van der Waals surface area contributed by atoms with Crippen molar-refractivity contribution in [1.29, 1.82) is 0 Å². The van der Waals surface area contributed by atoms with E-state index in [1.54, 1.807) is 0 Å². The monoisotopic (exact) mass is 1020 g/mol. The maximum absolute atomic E-state index is 12.9. The van der Waals surface area contributed by atoms with Gasteiger partial charge in [0.15, 0.2) is 6.10 Å². The summed E-state index contributed by atoms with van der Waals surface area (Å²) >= 11 is 0. The number of carbonyl (C=O) groups excluding carboxylic acids is 3. The lowest BCUT2D eigenvalue weighted by Gasteiger charge is -2.21. The molecular formula is C60H95O11P. The van der Waals surface area contributed by atoms with Gasteiger partial charge in [-0.1, -0.05) is 187 Å². The van der Waals surface area contributed by atoms with Crippen molar-refractivity contribution in [2.45, 2.75) is 200 Å². The van der Waals surface area contributed by atoms with Crippen LogP contribution in [0, 0.1) is 0 Å². The minimum absolute atomic E-state index is 0.0440. The molecule has 0 aromatic rings. The highest BCUT2D eigenvalue weighted by Crippen LogP contribution is 2.43. The fourth-order valence-electron chi connectivity index (χ4n) is 6.49. The second-order valence-electron chi connectivity index (χ2n) is 17.3. The van der Waals surface area contributed by atoms with E-state index in [1.165, 1.54) is 19.3 Å². The van der Waals surface area contributed by atoms with Crippen molar-refractivity contribution in [3.8, 4) is 0 Å². The lowest BCUT2D eigenvalue weighted by molar-refractivity contribution is -0.161. The van der Waals surface area contributed by atoms with E-state index in [-0.39, 0.29) is 25.9 Å². The largest absolute Gasteiger partial charge is 0.472 e. The zero-order chi connectivity index (χ0) is 52.7. The molecule has 0 aliphatic heterocycles. The molecule has 2 N–H and O–H groups in total. The third-order valence-corrected chi connectivity index (χ3v) is 11.5. The van der Waals surface area contributed by atoms with Crippen LogP contribution in [0.2, 0.25) is 0 Å². The van der Waals surface area contributed by atoms with Gasteiger partial charge in [-0.05, 0) is 116 Å². The van der Waals surface area contributed by atoms with Crippen LogP contribution in [0.1, 0.15) is 188 Å². The number of hydrogen-bond donors (Lipinski definition) is 2. The van der Waals surface area contributed by atoms with Gasteiger partial charge >= 0.3 is 25.7 Å². The molecule has 0 fully saturated rings. The van der Waals surface area contributed by atoms with Gasteiger partial charge in [0, 0.05) is 19.3 Å². The molecule has 0 aliphatic rings. The molecule has 72 heavy (non-hydrogen) atoms. The number of ether oxygens (including phenoxy) is 3. The molecule has 406 valence electrons. The quantitative estimate of drug-likeness (QED) is 0.0197. The predicted molar refractivity (Wildman–Crippen MR) is 297 cm³/mol. The molecule has 0 spiro atoms. The summed E-state index contributed by atoms with van der Waals surface area (Å²) in [5, 5.41) is 9.77. The molecule has 0 aliphatic carbocycles. The van der Waals surface area contributed by atoms with E-state index in [0.717, 1.165) is 103 Å². The average Bonchev–Trinajstić information content (AvgIpc) is 3.37. The van der Waals surface area contributed by atoms with Gasteiger partial charge in [-0.2, -0.15) is 0 Å². The summed E-state index contributed by atoms with van der Waals surface area (Å²) in [4.78, 5) is 48.4. The van der Waals surface area contributed by atoms with Crippen LogP contribution in [0.3, 0.4) is 0 Å². The van der Waals surface area contributed by atoms with Gasteiger partial charge in [0.2, 0.25) is 0 Å². The highest BCUT2D eigenvalue weighted by molar-refractivity contribution is 7.47. The van der Waals surface area contributed by atoms with Gasteiger partial charge in [-0.3, -0.25) is 23.4 Å². The number of rotatable bonds is 48. The fourth-order valence-corrected chi connectivity index (χ4v) is 7.28. The van der Waals surface area contributed by atoms with Crippen LogP contribution in [-0.2, 0) is 42.2 Å². The molecule has 0 radical (unpaired) electrons. The minimum atomic E-state index is -4.79. The van der Waals surface area contributed by atoms with Gasteiger partial charge in [0.25, 0.3) is 0 Å². The van der Waals surface area contributed by atoms with E-state index in [1.807, 2.05) is 24.3 Å². The van der Waals surface area contributed by atoms with E-state index >= 15 is 0 Å². The Morgan fingerprint density at radius 3 is 1.24 bits per heavy atom. The lowest BCUT2D eigenvalue weighted by Crippen LogP contribution is -2.30. The zero-order valence-corrected chi connectivity index (χ0v) is 45.5. The van der Waals surface area contributed by atoms with Crippen molar-refractivity contribution in [2.75, 3.05) is 26.4 Å². The molecule has 3 atom stereocenters. The first-order valence-electron chi connectivity index (χ1n) is 27.1. The maximum Gasteiger partial charge on any atom is 0.472 e. The summed E-state index contributed by atoms with van der Waals surface area (Å²) in [7, 11) is -4.79. The summed E-state index contributed by atoms with van der Waals surface area (Å²) in [6, 6.07) is 0. The Labute approximate surface area is 436 Å².